The van der Waals surface area contributed by atoms with Gasteiger partial charge in [0.15, 0.2) is 5.76 Å². The molecule has 1 N–H and O–H groups in total. The van der Waals surface area contributed by atoms with Crippen LogP contribution >= 0.6 is 0 Å². The van der Waals surface area contributed by atoms with Gasteiger partial charge in [-0.1, -0.05) is 32.9 Å². The summed E-state index contributed by atoms with van der Waals surface area (Å²) in [5.41, 5.74) is 1.27. The van der Waals surface area contributed by atoms with Crippen LogP contribution in [-0.2, 0) is 0 Å². The quantitative estimate of drug-likeness (QED) is 0.905. The molecule has 1 amide bonds. The zero-order chi connectivity index (χ0) is 17.1. The second kappa shape index (κ2) is 7.47. The summed E-state index contributed by atoms with van der Waals surface area (Å²) in [6.45, 7) is 15.7. The molecule has 2 rings (SSSR count). The fourth-order valence-corrected chi connectivity index (χ4v) is 3.73. The van der Waals surface area contributed by atoms with Gasteiger partial charge in [0, 0.05) is 31.6 Å². The van der Waals surface area contributed by atoms with Crippen molar-refractivity contribution in [2.24, 2.45) is 11.8 Å². The van der Waals surface area contributed by atoms with E-state index < -0.39 is 0 Å². The first-order chi connectivity index (χ1) is 10.8. The molecule has 0 aliphatic carbocycles. The Balaban J connectivity index is 1.96. The Hall–Kier alpha value is -1.36. The summed E-state index contributed by atoms with van der Waals surface area (Å²) in [5, 5.41) is 7.07. The zero-order valence-electron chi connectivity index (χ0n) is 15.3. The molecule has 0 unspecified atom stereocenters. The molecule has 5 nitrogen and oxygen atoms in total. The number of piperidine rings is 1. The predicted octanol–water partition coefficient (Wildman–Crippen LogP) is 3.20. The molecule has 0 saturated carbocycles. The lowest BCUT2D eigenvalue weighted by molar-refractivity contribution is 0.0902. The second-order valence-corrected chi connectivity index (χ2v) is 7.70. The Morgan fingerprint density at radius 1 is 1.30 bits per heavy atom. The summed E-state index contributed by atoms with van der Waals surface area (Å²) in [7, 11) is 0. The SMILES string of the molecule is Cc1noc(C(C)C)c1C(=O)N[C@H](C)CN1C[C@H](C)C[C@H](C)C1. The molecule has 0 bridgehead atoms. The summed E-state index contributed by atoms with van der Waals surface area (Å²) >= 11 is 0. The molecule has 130 valence electrons. The summed E-state index contributed by atoms with van der Waals surface area (Å²) in [4.78, 5) is 15.1. The zero-order valence-corrected chi connectivity index (χ0v) is 15.3. The molecule has 1 aliphatic heterocycles. The van der Waals surface area contributed by atoms with Gasteiger partial charge in [-0.05, 0) is 32.1 Å². The third kappa shape index (κ3) is 4.56. The van der Waals surface area contributed by atoms with E-state index >= 15 is 0 Å². The van der Waals surface area contributed by atoms with E-state index in [9.17, 15) is 4.79 Å². The maximum atomic E-state index is 12.6. The average molecular weight is 321 g/mol. The highest BCUT2D eigenvalue weighted by molar-refractivity contribution is 5.96. The van der Waals surface area contributed by atoms with E-state index in [1.54, 1.807) is 0 Å². The van der Waals surface area contributed by atoms with Crippen molar-refractivity contribution in [2.45, 2.75) is 59.9 Å². The van der Waals surface area contributed by atoms with E-state index in [1.165, 1.54) is 6.42 Å². The molecule has 3 atom stereocenters. The van der Waals surface area contributed by atoms with Gasteiger partial charge in [-0.3, -0.25) is 4.79 Å². The molecule has 5 heteroatoms. The smallest absolute Gasteiger partial charge is 0.257 e. The van der Waals surface area contributed by atoms with Crippen LogP contribution in [0, 0.1) is 18.8 Å². The summed E-state index contributed by atoms with van der Waals surface area (Å²) in [6, 6.07) is 0.106. The minimum Gasteiger partial charge on any atom is -0.360 e. The normalized spacial score (nSPS) is 24.0. The van der Waals surface area contributed by atoms with Gasteiger partial charge >= 0.3 is 0 Å². The Labute approximate surface area is 139 Å². The number of rotatable bonds is 5. The largest absolute Gasteiger partial charge is 0.360 e. The first-order valence-electron chi connectivity index (χ1n) is 8.77. The third-order valence-electron chi connectivity index (χ3n) is 4.49. The summed E-state index contributed by atoms with van der Waals surface area (Å²) < 4.78 is 5.32. The fourth-order valence-electron chi connectivity index (χ4n) is 3.73. The maximum Gasteiger partial charge on any atom is 0.257 e. The van der Waals surface area contributed by atoms with Crippen LogP contribution in [0.15, 0.2) is 4.52 Å². The lowest BCUT2D eigenvalue weighted by Gasteiger charge is -2.36. The highest BCUT2D eigenvalue weighted by Crippen LogP contribution is 2.23. The lowest BCUT2D eigenvalue weighted by atomic mass is 9.91. The number of hydrogen-bond donors (Lipinski definition) is 1. The number of nitrogens with zero attached hydrogens (tertiary/aromatic N) is 2. The van der Waals surface area contributed by atoms with Gasteiger partial charge in [-0.25, -0.2) is 0 Å². The monoisotopic (exact) mass is 321 g/mol. The molecular weight excluding hydrogens is 290 g/mol. The number of aryl methyl sites for hydroxylation is 1. The summed E-state index contributed by atoms with van der Waals surface area (Å²) in [6.07, 6.45) is 1.30. The number of likely N-dealkylation sites (tertiary alicyclic amines) is 1. The van der Waals surface area contributed by atoms with Crippen LogP contribution in [-0.4, -0.2) is 41.6 Å². The molecule has 2 heterocycles. The van der Waals surface area contributed by atoms with Crippen molar-refractivity contribution < 1.29 is 9.32 Å². The fraction of sp³-hybridized carbons (Fsp3) is 0.778. The van der Waals surface area contributed by atoms with Crippen molar-refractivity contribution in [3.63, 3.8) is 0 Å². The van der Waals surface area contributed by atoms with E-state index in [2.05, 4.69) is 36.1 Å². The molecule has 23 heavy (non-hydrogen) atoms. The molecule has 0 aromatic carbocycles. The number of hydrogen-bond acceptors (Lipinski definition) is 4. The molecule has 1 aromatic rings. The van der Waals surface area contributed by atoms with Gasteiger partial charge < -0.3 is 14.7 Å². The topological polar surface area (TPSA) is 58.4 Å². The lowest BCUT2D eigenvalue weighted by Crippen LogP contribution is -2.47. The highest BCUT2D eigenvalue weighted by atomic mass is 16.5. The molecule has 0 radical (unpaired) electrons. The van der Waals surface area contributed by atoms with Crippen LogP contribution in [0.25, 0.3) is 0 Å². The van der Waals surface area contributed by atoms with E-state index in [1.807, 2.05) is 20.8 Å². The van der Waals surface area contributed by atoms with Crippen LogP contribution in [0.3, 0.4) is 0 Å². The van der Waals surface area contributed by atoms with Gasteiger partial charge in [0.05, 0.1) is 5.69 Å². The minimum atomic E-state index is -0.0712. The van der Waals surface area contributed by atoms with Crippen LogP contribution < -0.4 is 5.32 Å². The van der Waals surface area contributed by atoms with E-state index in [4.69, 9.17) is 4.52 Å². The van der Waals surface area contributed by atoms with Gasteiger partial charge in [0.2, 0.25) is 0 Å². The Morgan fingerprint density at radius 3 is 2.48 bits per heavy atom. The predicted molar refractivity (Wildman–Crippen MR) is 91.6 cm³/mol. The van der Waals surface area contributed by atoms with Crippen LogP contribution in [0.2, 0.25) is 0 Å². The number of amides is 1. The van der Waals surface area contributed by atoms with Crippen LogP contribution in [0.1, 0.15) is 68.8 Å². The first kappa shape index (κ1) is 18.0. The van der Waals surface area contributed by atoms with Gasteiger partial charge in [0.1, 0.15) is 5.56 Å². The van der Waals surface area contributed by atoms with Crippen LogP contribution in [0.5, 0.6) is 0 Å². The van der Waals surface area contributed by atoms with Crippen molar-refractivity contribution in [1.29, 1.82) is 0 Å². The van der Waals surface area contributed by atoms with Crippen molar-refractivity contribution in [2.75, 3.05) is 19.6 Å². The summed E-state index contributed by atoms with van der Waals surface area (Å²) in [5.74, 6) is 2.21. The molecule has 1 aliphatic rings. The van der Waals surface area contributed by atoms with Crippen LogP contribution in [0.4, 0.5) is 0 Å². The van der Waals surface area contributed by atoms with Gasteiger partial charge in [-0.2, -0.15) is 0 Å². The average Bonchev–Trinajstić information content (AvgIpc) is 2.79. The van der Waals surface area contributed by atoms with Crippen molar-refractivity contribution >= 4 is 5.91 Å². The number of carbonyl (C=O) groups excluding carboxylic acids is 1. The Bertz CT molecular complexity index is 528. The number of carbonyl (C=O) groups is 1. The van der Waals surface area contributed by atoms with Gasteiger partial charge in [0.25, 0.3) is 5.91 Å². The molecule has 0 spiro atoms. The first-order valence-corrected chi connectivity index (χ1v) is 8.77. The minimum absolute atomic E-state index is 0.0712. The number of aromatic nitrogens is 1. The highest BCUT2D eigenvalue weighted by Gasteiger charge is 2.26. The Morgan fingerprint density at radius 2 is 1.91 bits per heavy atom. The van der Waals surface area contributed by atoms with Crippen molar-refractivity contribution in [3.8, 4) is 0 Å². The maximum absolute atomic E-state index is 12.6. The van der Waals surface area contributed by atoms with E-state index in [0.29, 0.717) is 17.0 Å². The number of nitrogens with one attached hydrogen (secondary N) is 1. The van der Waals surface area contributed by atoms with E-state index in [0.717, 1.165) is 31.5 Å². The Kier molecular flexibility index (Phi) is 5.84. The molecule has 1 aromatic heterocycles. The van der Waals surface area contributed by atoms with Crippen molar-refractivity contribution in [3.05, 3.63) is 17.0 Å². The van der Waals surface area contributed by atoms with Gasteiger partial charge in [-0.15, -0.1) is 0 Å². The third-order valence-corrected chi connectivity index (χ3v) is 4.49. The molecule has 1 fully saturated rings. The standard InChI is InChI=1S/C18H31N3O2/c1-11(2)17-16(15(6)20-23-17)18(22)19-14(5)10-21-8-12(3)7-13(4)9-21/h11-14H,7-10H2,1-6H3,(H,19,22)/t12-,13+,14-/m1/s1. The van der Waals surface area contributed by atoms with E-state index in [-0.39, 0.29) is 17.9 Å². The molecule has 1 saturated heterocycles. The molecular formula is C18H31N3O2. The van der Waals surface area contributed by atoms with Crippen molar-refractivity contribution in [1.82, 2.24) is 15.4 Å². The second-order valence-electron chi connectivity index (χ2n) is 7.70.